The summed E-state index contributed by atoms with van der Waals surface area (Å²) in [6, 6.07) is 2.43. The van der Waals surface area contributed by atoms with Crippen molar-refractivity contribution in [2.45, 2.75) is 0 Å². The highest BCUT2D eigenvalue weighted by molar-refractivity contribution is 6.39. The number of hydrogen-bond donors (Lipinski definition) is 1. The van der Waals surface area contributed by atoms with Crippen molar-refractivity contribution in [2.24, 2.45) is 0 Å². The number of carbonyl (C=O) groups excluding carboxylic acids is 2. The number of carboxylic acid groups (broad SMARTS) is 1. The van der Waals surface area contributed by atoms with Crippen molar-refractivity contribution >= 4 is 17.7 Å². The second-order valence-corrected chi connectivity index (χ2v) is 2.56. The maximum Gasteiger partial charge on any atom is 0.378 e. The number of carbonyl (C=O) groups is 3. The number of ketones is 1. The van der Waals surface area contributed by atoms with Gasteiger partial charge in [-0.2, -0.15) is 0 Å². The Bertz CT molecular complexity index is 409. The number of pyridine rings is 1. The quantitative estimate of drug-likeness (QED) is 0.432. The number of nitrogens with zero attached hydrogens (tertiary/aromatic N) is 1. The molecule has 0 atom stereocenters. The first kappa shape index (κ1) is 10.8. The first-order valence-electron chi connectivity index (χ1n) is 3.88. The van der Waals surface area contributed by atoms with Gasteiger partial charge >= 0.3 is 11.9 Å². The van der Waals surface area contributed by atoms with Gasteiger partial charge in [0.1, 0.15) is 5.69 Å². The van der Waals surface area contributed by atoms with E-state index < -0.39 is 17.7 Å². The molecule has 0 unspecified atom stereocenters. The zero-order chi connectivity index (χ0) is 11.4. The molecule has 6 nitrogen and oxygen atoms in total. The molecule has 0 aromatic carbocycles. The van der Waals surface area contributed by atoms with Gasteiger partial charge in [-0.15, -0.1) is 0 Å². The maximum atomic E-state index is 11.0. The standard InChI is InChI=1S/C9H7NO5/c1-15-9(14)5-2-3-6(10-4-5)7(11)8(12)13/h2-4H,1H3,(H,12,13). The van der Waals surface area contributed by atoms with Crippen molar-refractivity contribution in [3.63, 3.8) is 0 Å². The molecule has 78 valence electrons. The predicted molar refractivity (Wildman–Crippen MR) is 47.5 cm³/mol. The van der Waals surface area contributed by atoms with E-state index in [1.807, 2.05) is 0 Å². The summed E-state index contributed by atoms with van der Waals surface area (Å²) < 4.78 is 4.40. The first-order chi connectivity index (χ1) is 7.06. The van der Waals surface area contributed by atoms with Crippen LogP contribution in [0.3, 0.4) is 0 Å². The monoisotopic (exact) mass is 209 g/mol. The summed E-state index contributed by atoms with van der Waals surface area (Å²) in [6.07, 6.45) is 1.09. The van der Waals surface area contributed by atoms with Gasteiger partial charge in [0, 0.05) is 6.20 Å². The third-order valence-corrected chi connectivity index (χ3v) is 1.61. The average Bonchev–Trinajstić information content (AvgIpc) is 2.27. The van der Waals surface area contributed by atoms with Gasteiger partial charge in [0.25, 0.3) is 5.78 Å². The molecule has 0 fully saturated rings. The summed E-state index contributed by atoms with van der Waals surface area (Å²) in [7, 11) is 1.21. The fourth-order valence-electron chi connectivity index (χ4n) is 0.876. The van der Waals surface area contributed by atoms with Crippen LogP contribution in [-0.4, -0.2) is 34.9 Å². The highest BCUT2D eigenvalue weighted by atomic mass is 16.5. The van der Waals surface area contributed by atoms with E-state index in [2.05, 4.69) is 9.72 Å². The van der Waals surface area contributed by atoms with E-state index in [9.17, 15) is 14.4 Å². The Labute approximate surface area is 84.5 Å². The molecule has 15 heavy (non-hydrogen) atoms. The van der Waals surface area contributed by atoms with E-state index >= 15 is 0 Å². The summed E-state index contributed by atoms with van der Waals surface area (Å²) in [5.74, 6) is -3.31. The molecule has 1 aromatic rings. The minimum Gasteiger partial charge on any atom is -0.475 e. The van der Waals surface area contributed by atoms with Crippen LogP contribution < -0.4 is 0 Å². The van der Waals surface area contributed by atoms with Gasteiger partial charge in [-0.1, -0.05) is 0 Å². The minimum absolute atomic E-state index is 0.152. The lowest BCUT2D eigenvalue weighted by Gasteiger charge is -1.98. The van der Waals surface area contributed by atoms with Gasteiger partial charge in [0.05, 0.1) is 12.7 Å². The van der Waals surface area contributed by atoms with E-state index in [-0.39, 0.29) is 11.3 Å². The van der Waals surface area contributed by atoms with Crippen LogP contribution in [0.4, 0.5) is 0 Å². The molecule has 1 aromatic heterocycles. The number of methoxy groups -OCH3 is 1. The highest BCUT2D eigenvalue weighted by Crippen LogP contribution is 2.02. The molecule has 1 heterocycles. The Morgan fingerprint density at radius 3 is 2.40 bits per heavy atom. The third-order valence-electron chi connectivity index (χ3n) is 1.61. The highest BCUT2D eigenvalue weighted by Gasteiger charge is 2.16. The fraction of sp³-hybridized carbons (Fsp3) is 0.111. The van der Waals surface area contributed by atoms with E-state index in [4.69, 9.17) is 5.11 Å². The maximum absolute atomic E-state index is 11.0. The summed E-state index contributed by atoms with van der Waals surface area (Å²) in [5.41, 5.74) is -0.0745. The Morgan fingerprint density at radius 2 is 2.00 bits per heavy atom. The van der Waals surface area contributed by atoms with Crippen LogP contribution in [0.5, 0.6) is 0 Å². The Hall–Kier alpha value is -2.24. The number of hydrogen-bond acceptors (Lipinski definition) is 5. The SMILES string of the molecule is COC(=O)c1ccc(C(=O)C(=O)O)nc1. The van der Waals surface area contributed by atoms with E-state index in [1.165, 1.54) is 13.2 Å². The molecule has 0 bridgehead atoms. The lowest BCUT2D eigenvalue weighted by atomic mass is 10.2. The van der Waals surface area contributed by atoms with Crippen molar-refractivity contribution < 1.29 is 24.2 Å². The predicted octanol–water partition coefficient (Wildman–Crippen LogP) is 0.136. The van der Waals surface area contributed by atoms with Crippen molar-refractivity contribution in [3.8, 4) is 0 Å². The van der Waals surface area contributed by atoms with Gasteiger partial charge in [0.15, 0.2) is 0 Å². The van der Waals surface area contributed by atoms with Crippen molar-refractivity contribution in [3.05, 3.63) is 29.6 Å². The molecule has 0 amide bonds. The topological polar surface area (TPSA) is 93.6 Å². The van der Waals surface area contributed by atoms with Crippen LogP contribution in [0.1, 0.15) is 20.8 Å². The second kappa shape index (κ2) is 4.32. The smallest absolute Gasteiger partial charge is 0.378 e. The lowest BCUT2D eigenvalue weighted by Crippen LogP contribution is -2.14. The van der Waals surface area contributed by atoms with Crippen molar-refractivity contribution in [2.75, 3.05) is 7.11 Å². The molecule has 1 N–H and O–H groups in total. The van der Waals surface area contributed by atoms with E-state index in [1.54, 1.807) is 0 Å². The summed E-state index contributed by atoms with van der Waals surface area (Å²) >= 11 is 0. The molecule has 0 aliphatic rings. The number of aromatic nitrogens is 1. The van der Waals surface area contributed by atoms with E-state index in [0.29, 0.717) is 0 Å². The number of esters is 1. The van der Waals surface area contributed by atoms with Gasteiger partial charge in [-0.05, 0) is 12.1 Å². The number of carboxylic acids is 1. The van der Waals surface area contributed by atoms with E-state index in [0.717, 1.165) is 12.3 Å². The van der Waals surface area contributed by atoms with Crippen molar-refractivity contribution in [1.29, 1.82) is 0 Å². The molecular weight excluding hydrogens is 202 g/mol. The van der Waals surface area contributed by atoms with Crippen LogP contribution in [0.2, 0.25) is 0 Å². The fourth-order valence-corrected chi connectivity index (χ4v) is 0.876. The zero-order valence-corrected chi connectivity index (χ0v) is 7.76. The Kier molecular flexibility index (Phi) is 3.12. The zero-order valence-electron chi connectivity index (χ0n) is 7.76. The third kappa shape index (κ3) is 2.37. The lowest BCUT2D eigenvalue weighted by molar-refractivity contribution is -0.131. The van der Waals surface area contributed by atoms with Gasteiger partial charge in [-0.3, -0.25) is 9.78 Å². The van der Waals surface area contributed by atoms with Crippen LogP contribution >= 0.6 is 0 Å². The largest absolute Gasteiger partial charge is 0.475 e. The molecule has 0 spiro atoms. The first-order valence-corrected chi connectivity index (χ1v) is 3.88. The molecular formula is C9H7NO5. The normalized spacial score (nSPS) is 9.40. The molecule has 0 saturated heterocycles. The van der Waals surface area contributed by atoms with Crippen LogP contribution in [0, 0.1) is 0 Å². The van der Waals surface area contributed by atoms with Gasteiger partial charge in [-0.25, -0.2) is 9.59 Å². The Balaban J connectivity index is 2.95. The summed E-state index contributed by atoms with van der Waals surface area (Å²) in [5, 5.41) is 8.38. The van der Waals surface area contributed by atoms with Crippen LogP contribution in [-0.2, 0) is 9.53 Å². The van der Waals surface area contributed by atoms with Crippen LogP contribution in [0.25, 0.3) is 0 Å². The molecule has 0 aliphatic carbocycles. The number of ether oxygens (including phenoxy) is 1. The second-order valence-electron chi connectivity index (χ2n) is 2.56. The number of aliphatic carboxylic acids is 1. The molecule has 1 rings (SSSR count). The minimum atomic E-state index is -1.59. The molecule has 0 aliphatic heterocycles. The van der Waals surface area contributed by atoms with Crippen molar-refractivity contribution in [1.82, 2.24) is 4.98 Å². The molecule has 0 saturated carbocycles. The van der Waals surface area contributed by atoms with Crippen LogP contribution in [0.15, 0.2) is 18.3 Å². The van der Waals surface area contributed by atoms with Gasteiger partial charge < -0.3 is 9.84 Å². The summed E-state index contributed by atoms with van der Waals surface area (Å²) in [4.78, 5) is 35.7. The molecule has 0 radical (unpaired) electrons. The number of rotatable bonds is 3. The molecule has 6 heteroatoms. The van der Waals surface area contributed by atoms with Gasteiger partial charge in [0.2, 0.25) is 0 Å². The number of Topliss-reactive ketones (excluding diaryl/α,β-unsaturated/α-hetero) is 1. The Morgan fingerprint density at radius 1 is 1.33 bits per heavy atom. The average molecular weight is 209 g/mol. The summed E-state index contributed by atoms with van der Waals surface area (Å²) in [6.45, 7) is 0.